The third-order valence-electron chi connectivity index (χ3n) is 4.32. The highest BCUT2D eigenvalue weighted by Gasteiger charge is 2.23. The lowest BCUT2D eigenvalue weighted by Gasteiger charge is -2.09. The van der Waals surface area contributed by atoms with E-state index in [0.29, 0.717) is 33.8 Å². The number of aliphatic carboxylic acids is 1. The van der Waals surface area contributed by atoms with Gasteiger partial charge in [0.05, 0.1) is 27.8 Å². The van der Waals surface area contributed by atoms with Gasteiger partial charge in [0.25, 0.3) is 0 Å². The topological polar surface area (TPSA) is 120 Å². The van der Waals surface area contributed by atoms with Gasteiger partial charge < -0.3 is 19.9 Å². The summed E-state index contributed by atoms with van der Waals surface area (Å²) in [5.41, 5.74) is 7.52. The second-order valence-electron chi connectivity index (χ2n) is 6.44. The van der Waals surface area contributed by atoms with Crippen LogP contribution in [0.1, 0.15) is 22.9 Å². The standard InChI is InChI=1S/C19H16ClN5O3S/c20-17-3-2-16(29-17)15-6-12(24-28-15)8-25-9-14(23-10-25)13(19(26)27)5-11-1-4-18(21)22-7-11/h1-4,6-7,9-10,13H,5,8H2,(H2,21,22)(H,26,27). The van der Waals surface area contributed by atoms with Crippen molar-refractivity contribution in [3.8, 4) is 10.6 Å². The van der Waals surface area contributed by atoms with Crippen molar-refractivity contribution in [3.05, 3.63) is 70.3 Å². The molecule has 29 heavy (non-hydrogen) atoms. The number of halogens is 1. The van der Waals surface area contributed by atoms with E-state index >= 15 is 0 Å². The van der Waals surface area contributed by atoms with Gasteiger partial charge in [0.2, 0.25) is 0 Å². The summed E-state index contributed by atoms with van der Waals surface area (Å²) in [6.07, 6.45) is 5.14. The van der Waals surface area contributed by atoms with Crippen LogP contribution in [0.2, 0.25) is 4.34 Å². The predicted molar refractivity (Wildman–Crippen MR) is 109 cm³/mol. The largest absolute Gasteiger partial charge is 0.481 e. The Kier molecular flexibility index (Phi) is 5.32. The third-order valence-corrected chi connectivity index (χ3v) is 5.56. The molecule has 4 aromatic rings. The maximum Gasteiger partial charge on any atom is 0.312 e. The Morgan fingerprint density at radius 2 is 2.17 bits per heavy atom. The van der Waals surface area contributed by atoms with Crippen LogP contribution in [0.25, 0.3) is 10.6 Å². The van der Waals surface area contributed by atoms with E-state index in [1.165, 1.54) is 11.3 Å². The van der Waals surface area contributed by atoms with Gasteiger partial charge in [-0.05, 0) is 30.2 Å². The van der Waals surface area contributed by atoms with Crippen molar-refractivity contribution in [2.75, 3.05) is 5.73 Å². The summed E-state index contributed by atoms with van der Waals surface area (Å²) in [6.45, 7) is 0.408. The Labute approximate surface area is 174 Å². The number of nitrogen functional groups attached to an aromatic ring is 1. The predicted octanol–water partition coefficient (Wildman–Crippen LogP) is 3.69. The monoisotopic (exact) mass is 429 g/mol. The van der Waals surface area contributed by atoms with E-state index in [2.05, 4.69) is 15.1 Å². The zero-order chi connectivity index (χ0) is 20.4. The first kappa shape index (κ1) is 19.2. The zero-order valence-corrected chi connectivity index (χ0v) is 16.6. The molecule has 3 N–H and O–H groups in total. The van der Waals surface area contributed by atoms with E-state index in [0.717, 1.165) is 10.4 Å². The summed E-state index contributed by atoms with van der Waals surface area (Å²) in [4.78, 5) is 20.9. The summed E-state index contributed by atoms with van der Waals surface area (Å²) in [5.74, 6) is -0.716. The molecule has 148 valence electrons. The van der Waals surface area contributed by atoms with Crippen LogP contribution in [-0.2, 0) is 17.8 Å². The van der Waals surface area contributed by atoms with Gasteiger partial charge >= 0.3 is 5.97 Å². The minimum atomic E-state index is -0.953. The first-order valence-electron chi connectivity index (χ1n) is 8.64. The maximum atomic E-state index is 11.8. The SMILES string of the molecule is Nc1ccc(CC(C(=O)O)c2cn(Cc3cc(-c4ccc(Cl)s4)on3)cn2)cn1. The second kappa shape index (κ2) is 8.06. The van der Waals surface area contributed by atoms with Gasteiger partial charge in [-0.2, -0.15) is 0 Å². The molecule has 4 aromatic heterocycles. The lowest BCUT2D eigenvalue weighted by molar-refractivity contribution is -0.138. The van der Waals surface area contributed by atoms with Gasteiger partial charge in [0.1, 0.15) is 17.4 Å². The van der Waals surface area contributed by atoms with Crippen molar-refractivity contribution >= 4 is 34.7 Å². The van der Waals surface area contributed by atoms with E-state index in [1.807, 2.05) is 12.1 Å². The first-order chi connectivity index (χ1) is 14.0. The number of thiophene rings is 1. The molecule has 8 nitrogen and oxygen atoms in total. The number of nitrogens with zero attached hydrogens (tertiary/aromatic N) is 4. The number of carbonyl (C=O) groups is 1. The molecule has 4 heterocycles. The number of carboxylic acids is 1. The molecular weight excluding hydrogens is 414 g/mol. The van der Waals surface area contributed by atoms with Crippen LogP contribution < -0.4 is 5.73 Å². The average molecular weight is 430 g/mol. The number of imidazole rings is 1. The fourth-order valence-corrected chi connectivity index (χ4v) is 3.88. The van der Waals surface area contributed by atoms with Crippen molar-refractivity contribution in [2.24, 2.45) is 0 Å². The molecule has 0 saturated carbocycles. The number of rotatable bonds is 7. The maximum absolute atomic E-state index is 11.8. The van der Waals surface area contributed by atoms with E-state index < -0.39 is 11.9 Å². The molecule has 0 aliphatic carbocycles. The summed E-state index contributed by atoms with van der Waals surface area (Å²) < 4.78 is 7.82. The smallest absolute Gasteiger partial charge is 0.312 e. The van der Waals surface area contributed by atoms with Crippen molar-refractivity contribution in [1.82, 2.24) is 19.7 Å². The van der Waals surface area contributed by atoms with Crippen LogP contribution in [0.5, 0.6) is 0 Å². The van der Waals surface area contributed by atoms with Gasteiger partial charge in [0, 0.05) is 18.5 Å². The van der Waals surface area contributed by atoms with E-state index in [4.69, 9.17) is 21.9 Å². The highest BCUT2D eigenvalue weighted by Crippen LogP contribution is 2.31. The molecule has 0 bridgehead atoms. The van der Waals surface area contributed by atoms with Crippen LogP contribution in [0.3, 0.4) is 0 Å². The van der Waals surface area contributed by atoms with Crippen molar-refractivity contribution in [2.45, 2.75) is 18.9 Å². The van der Waals surface area contributed by atoms with Crippen LogP contribution in [0.15, 0.2) is 53.6 Å². The summed E-state index contributed by atoms with van der Waals surface area (Å²) in [6, 6.07) is 8.92. The Balaban J connectivity index is 1.48. The van der Waals surface area contributed by atoms with Gasteiger partial charge in [-0.15, -0.1) is 11.3 Å². The summed E-state index contributed by atoms with van der Waals surface area (Å²) in [5, 5.41) is 13.7. The number of aromatic nitrogens is 4. The number of anilines is 1. The molecule has 0 fully saturated rings. The highest BCUT2D eigenvalue weighted by atomic mass is 35.5. The molecule has 0 amide bonds. The quantitative estimate of drug-likeness (QED) is 0.459. The summed E-state index contributed by atoms with van der Waals surface area (Å²) in [7, 11) is 0. The second-order valence-corrected chi connectivity index (χ2v) is 8.16. The Hall–Kier alpha value is -3.17. The minimum absolute atomic E-state index is 0.271. The highest BCUT2D eigenvalue weighted by molar-refractivity contribution is 7.19. The lowest BCUT2D eigenvalue weighted by Crippen LogP contribution is -2.15. The first-order valence-corrected chi connectivity index (χ1v) is 9.83. The molecule has 0 radical (unpaired) electrons. The Bertz CT molecular complexity index is 1130. The Morgan fingerprint density at radius 3 is 2.86 bits per heavy atom. The van der Waals surface area contributed by atoms with E-state index in [9.17, 15) is 9.90 Å². The molecule has 0 spiro atoms. The number of hydrogen-bond donors (Lipinski definition) is 2. The zero-order valence-electron chi connectivity index (χ0n) is 15.0. The molecule has 1 unspecified atom stereocenters. The molecule has 0 saturated heterocycles. The minimum Gasteiger partial charge on any atom is -0.481 e. The van der Waals surface area contributed by atoms with Crippen LogP contribution in [-0.4, -0.2) is 30.8 Å². The fraction of sp³-hybridized carbons (Fsp3) is 0.158. The van der Waals surface area contributed by atoms with Gasteiger partial charge in [-0.1, -0.05) is 22.8 Å². The fourth-order valence-electron chi connectivity index (χ4n) is 2.89. The number of hydrogen-bond acceptors (Lipinski definition) is 7. The van der Waals surface area contributed by atoms with Gasteiger partial charge in [0.15, 0.2) is 5.76 Å². The Morgan fingerprint density at radius 1 is 1.31 bits per heavy atom. The molecule has 4 rings (SSSR count). The van der Waals surface area contributed by atoms with E-state index in [-0.39, 0.29) is 6.42 Å². The molecule has 0 aliphatic rings. The number of pyridine rings is 1. The number of nitrogens with two attached hydrogens (primary N) is 1. The molecule has 0 aliphatic heterocycles. The van der Waals surface area contributed by atoms with E-state index in [1.54, 1.807) is 41.5 Å². The molecule has 10 heteroatoms. The molecular formula is C19H16ClN5O3S. The van der Waals surface area contributed by atoms with Crippen molar-refractivity contribution in [1.29, 1.82) is 0 Å². The summed E-state index contributed by atoms with van der Waals surface area (Å²) >= 11 is 7.36. The van der Waals surface area contributed by atoms with Crippen LogP contribution >= 0.6 is 22.9 Å². The lowest BCUT2D eigenvalue weighted by atomic mass is 9.98. The van der Waals surface area contributed by atoms with Gasteiger partial charge in [-0.3, -0.25) is 4.79 Å². The third kappa shape index (κ3) is 4.47. The molecule has 0 aromatic carbocycles. The van der Waals surface area contributed by atoms with Crippen molar-refractivity contribution in [3.63, 3.8) is 0 Å². The number of carboxylic acid groups (broad SMARTS) is 1. The van der Waals surface area contributed by atoms with Crippen molar-refractivity contribution < 1.29 is 14.4 Å². The average Bonchev–Trinajstić information content (AvgIpc) is 3.43. The van der Waals surface area contributed by atoms with Crippen LogP contribution in [0, 0.1) is 0 Å². The van der Waals surface area contributed by atoms with Crippen LogP contribution in [0.4, 0.5) is 5.82 Å². The molecule has 1 atom stereocenters. The van der Waals surface area contributed by atoms with Gasteiger partial charge in [-0.25, -0.2) is 9.97 Å². The normalized spacial score (nSPS) is 12.2.